The minimum atomic E-state index is -4.11. The van der Waals surface area contributed by atoms with Crippen LogP contribution in [0.3, 0.4) is 0 Å². The third-order valence-electron chi connectivity index (χ3n) is 6.62. The van der Waals surface area contributed by atoms with Crippen LogP contribution < -0.4 is 0 Å². The van der Waals surface area contributed by atoms with Gasteiger partial charge in [-0.3, -0.25) is 19.2 Å². The van der Waals surface area contributed by atoms with E-state index in [0.29, 0.717) is 0 Å². The fourth-order valence-corrected chi connectivity index (χ4v) is 4.48. The van der Waals surface area contributed by atoms with Crippen LogP contribution in [-0.4, -0.2) is 90.9 Å². The van der Waals surface area contributed by atoms with Crippen molar-refractivity contribution in [3.05, 3.63) is 69.7 Å². The summed E-state index contributed by atoms with van der Waals surface area (Å²) in [7, 11) is 35.3. The molecule has 2 unspecified atom stereocenters. The number of carbonyl (C=O) groups is 4. The molecule has 2 aliphatic heterocycles. The standard InChI is InChI=1S/C22H12B6ClF2N3O4/c23-15-8-20(24,18(37)33(27)17(15)36)32-9-10-7-12(3-6-14(10)16(32)35)22(25,26)34(28)19(38)21(30,31)11-1-4-13(29)5-2-11/h1-7,15H,8-9H2. The van der Waals surface area contributed by atoms with Crippen LogP contribution in [0.4, 0.5) is 8.78 Å². The number of carbonyl (C=O) groups excluding carboxylic acids is 4. The molecule has 1 fully saturated rings. The van der Waals surface area contributed by atoms with Gasteiger partial charge >= 0.3 is 5.92 Å². The molecule has 7 nitrogen and oxygen atoms in total. The summed E-state index contributed by atoms with van der Waals surface area (Å²) in [6, 6.07) is 8.00. The zero-order valence-electron chi connectivity index (χ0n) is 19.6. The molecule has 0 aromatic heterocycles. The molecule has 2 heterocycles. The lowest BCUT2D eigenvalue weighted by atomic mass is 9.55. The molecular weight excluding hydrogens is 509 g/mol. The predicted octanol–water partition coefficient (Wildman–Crippen LogP) is 0.111. The van der Waals surface area contributed by atoms with E-state index in [4.69, 9.17) is 58.9 Å². The van der Waals surface area contributed by atoms with E-state index in [-0.39, 0.29) is 37.9 Å². The molecule has 0 saturated carbocycles. The summed E-state index contributed by atoms with van der Waals surface area (Å²) in [5.41, 5.74) is -2.52. The molecule has 0 N–H and O–H groups in total. The summed E-state index contributed by atoms with van der Waals surface area (Å²) >= 11 is 5.72. The average molecular weight is 521 g/mol. The molecule has 1 saturated heterocycles. The van der Waals surface area contributed by atoms with Crippen molar-refractivity contribution in [1.82, 2.24) is 14.5 Å². The van der Waals surface area contributed by atoms with Crippen molar-refractivity contribution in [3.8, 4) is 0 Å². The number of halogens is 3. The van der Waals surface area contributed by atoms with Gasteiger partial charge in [-0.2, -0.15) is 8.78 Å². The summed E-state index contributed by atoms with van der Waals surface area (Å²) < 4.78 is 29.8. The van der Waals surface area contributed by atoms with E-state index in [1.54, 1.807) is 0 Å². The topological polar surface area (TPSA) is 78.0 Å². The van der Waals surface area contributed by atoms with E-state index in [2.05, 4.69) is 0 Å². The van der Waals surface area contributed by atoms with Gasteiger partial charge in [-0.25, -0.2) is 0 Å². The first-order chi connectivity index (χ1) is 17.5. The predicted molar refractivity (Wildman–Crippen MR) is 138 cm³/mol. The van der Waals surface area contributed by atoms with Gasteiger partial charge in [0.2, 0.25) is 27.8 Å². The Kier molecular flexibility index (Phi) is 6.92. The van der Waals surface area contributed by atoms with E-state index < -0.39 is 58.1 Å². The third kappa shape index (κ3) is 4.28. The Labute approximate surface area is 230 Å². The highest BCUT2D eigenvalue weighted by Gasteiger charge is 2.52. The highest BCUT2D eigenvalue weighted by Crippen LogP contribution is 2.39. The molecule has 38 heavy (non-hydrogen) atoms. The van der Waals surface area contributed by atoms with E-state index in [1.165, 1.54) is 30.3 Å². The lowest BCUT2D eigenvalue weighted by Crippen LogP contribution is -2.65. The Balaban J connectivity index is 1.62. The first-order valence-electron chi connectivity index (χ1n) is 11.0. The monoisotopic (exact) mass is 521 g/mol. The number of benzene rings is 2. The normalized spacial score (nSPS) is 22.0. The molecule has 12 radical (unpaired) electrons. The Hall–Kier alpha value is -2.94. The number of alkyl halides is 2. The fraction of sp³-hybridized carbons (Fsp3) is 0.273. The fourth-order valence-electron chi connectivity index (χ4n) is 4.36. The van der Waals surface area contributed by atoms with Crippen molar-refractivity contribution in [3.63, 3.8) is 0 Å². The molecule has 0 aliphatic carbocycles. The number of hydrogen-bond acceptors (Lipinski definition) is 4. The number of fused-ring (bicyclic) bond motifs is 1. The van der Waals surface area contributed by atoms with Gasteiger partial charge in [0.25, 0.3) is 11.8 Å². The molecule has 0 bridgehead atoms. The van der Waals surface area contributed by atoms with Crippen molar-refractivity contribution in [2.45, 2.75) is 35.5 Å². The van der Waals surface area contributed by atoms with Gasteiger partial charge in [-0.05, 0) is 41.1 Å². The number of piperidine rings is 1. The average Bonchev–Trinajstić information content (AvgIpc) is 3.22. The smallest absolute Gasteiger partial charge is 0.348 e. The lowest BCUT2D eigenvalue weighted by Gasteiger charge is -2.46. The first kappa shape index (κ1) is 28.1. The second-order valence-electron chi connectivity index (χ2n) is 9.09. The van der Waals surface area contributed by atoms with Crippen molar-refractivity contribution in [2.75, 3.05) is 0 Å². The summed E-state index contributed by atoms with van der Waals surface area (Å²) in [6.07, 6.45) is -0.395. The quantitative estimate of drug-likeness (QED) is 0.414. The number of amides is 4. The van der Waals surface area contributed by atoms with Crippen LogP contribution in [0.15, 0.2) is 42.5 Å². The number of hydrogen-bond donors (Lipinski definition) is 0. The van der Waals surface area contributed by atoms with Gasteiger partial charge in [-0.15, -0.1) is 0 Å². The zero-order valence-corrected chi connectivity index (χ0v) is 20.4. The van der Waals surface area contributed by atoms with Gasteiger partial charge in [-0.1, -0.05) is 35.9 Å². The highest BCUT2D eigenvalue weighted by atomic mass is 35.5. The van der Waals surface area contributed by atoms with Gasteiger partial charge < -0.3 is 14.5 Å². The van der Waals surface area contributed by atoms with Crippen molar-refractivity contribution < 1.29 is 28.0 Å². The molecule has 16 heteroatoms. The van der Waals surface area contributed by atoms with E-state index in [1.807, 2.05) is 0 Å². The Morgan fingerprint density at radius 3 is 2.26 bits per heavy atom. The summed E-state index contributed by atoms with van der Waals surface area (Å²) in [5.74, 6) is -9.84. The minimum Gasteiger partial charge on any atom is -0.398 e. The molecule has 2 aromatic rings. The Morgan fingerprint density at radius 1 is 1.08 bits per heavy atom. The van der Waals surface area contributed by atoms with Crippen molar-refractivity contribution in [2.24, 2.45) is 0 Å². The van der Waals surface area contributed by atoms with Crippen molar-refractivity contribution in [1.29, 1.82) is 0 Å². The Morgan fingerprint density at radius 2 is 1.66 bits per heavy atom. The van der Waals surface area contributed by atoms with Crippen LogP contribution in [0, 0.1) is 0 Å². The molecule has 4 amide bonds. The molecule has 2 aliphatic rings. The van der Waals surface area contributed by atoms with Crippen LogP contribution in [-0.2, 0) is 32.2 Å². The summed E-state index contributed by atoms with van der Waals surface area (Å²) in [6.45, 7) is -0.269. The molecule has 4 rings (SSSR count). The number of imide groups is 1. The maximum atomic E-state index is 14.9. The maximum absolute atomic E-state index is 14.9. The first-order valence-corrected chi connectivity index (χ1v) is 11.3. The van der Waals surface area contributed by atoms with Gasteiger partial charge in [0, 0.05) is 28.5 Å². The van der Waals surface area contributed by atoms with Crippen molar-refractivity contribution >= 4 is 82.6 Å². The van der Waals surface area contributed by atoms with Crippen LogP contribution in [0.25, 0.3) is 0 Å². The second kappa shape index (κ2) is 9.36. The summed E-state index contributed by atoms with van der Waals surface area (Å²) in [5, 5.41) is -2.28. The summed E-state index contributed by atoms with van der Waals surface area (Å²) in [4.78, 5) is 51.7. The van der Waals surface area contributed by atoms with Crippen LogP contribution in [0.2, 0.25) is 10.8 Å². The van der Waals surface area contributed by atoms with Crippen LogP contribution in [0.5, 0.6) is 0 Å². The van der Waals surface area contributed by atoms with Gasteiger partial charge in [0.05, 0.1) is 29.0 Å². The van der Waals surface area contributed by atoms with Gasteiger partial charge in [0.15, 0.2) is 0 Å². The van der Waals surface area contributed by atoms with Crippen LogP contribution >= 0.6 is 11.6 Å². The maximum Gasteiger partial charge on any atom is 0.348 e. The van der Waals surface area contributed by atoms with E-state index >= 15 is 0 Å². The molecular formula is C22H12B6ClF2N3O4. The second-order valence-corrected chi connectivity index (χ2v) is 9.53. The molecule has 0 spiro atoms. The lowest BCUT2D eigenvalue weighted by molar-refractivity contribution is -0.155. The molecule has 178 valence electrons. The number of rotatable bonds is 5. The van der Waals surface area contributed by atoms with E-state index in [9.17, 15) is 28.0 Å². The van der Waals surface area contributed by atoms with Crippen LogP contribution in [0.1, 0.15) is 33.5 Å². The molecule has 2 atom stereocenters. The minimum absolute atomic E-state index is 0.0100. The largest absolute Gasteiger partial charge is 0.398 e. The zero-order chi connectivity index (χ0) is 28.4. The SMILES string of the molecule is [B]C1CC([B])(N2Cc3cc(C([B])([B])N([B])C(=O)C(F)(F)c4ccc(Cl)cc4)ccc3C2=O)C(=O)N([B])C1=O. The highest BCUT2D eigenvalue weighted by molar-refractivity contribution is 6.44. The van der Waals surface area contributed by atoms with Gasteiger partial charge in [0.1, 0.15) is 7.85 Å². The Bertz CT molecular complexity index is 1370. The third-order valence-corrected chi connectivity index (χ3v) is 6.87. The number of nitrogens with zero attached hydrogens (tertiary/aromatic N) is 3. The molecule has 2 aromatic carbocycles. The van der Waals surface area contributed by atoms with E-state index in [0.717, 1.165) is 17.0 Å².